The number of nitrogens with one attached hydrogen (secondary N) is 2. The first kappa shape index (κ1) is 13.1. The summed E-state index contributed by atoms with van der Waals surface area (Å²) < 4.78 is 0. The molecule has 2 aromatic rings. The van der Waals surface area contributed by atoms with Gasteiger partial charge in [0.1, 0.15) is 5.82 Å². The van der Waals surface area contributed by atoms with Crippen LogP contribution < -0.4 is 10.6 Å². The molecule has 5 nitrogen and oxygen atoms in total. The third kappa shape index (κ3) is 2.67. The van der Waals surface area contributed by atoms with E-state index in [1.165, 1.54) is 0 Å². The monoisotopic (exact) mass is 272 g/mol. The summed E-state index contributed by atoms with van der Waals surface area (Å²) in [5.41, 5.74) is 0.939. The van der Waals surface area contributed by atoms with Crippen molar-refractivity contribution >= 4 is 22.7 Å². The number of anilines is 2. The van der Waals surface area contributed by atoms with Crippen LogP contribution in [0, 0.1) is 5.92 Å². The van der Waals surface area contributed by atoms with E-state index in [-0.39, 0.29) is 6.10 Å². The van der Waals surface area contributed by atoms with E-state index in [1.54, 1.807) is 0 Å². The van der Waals surface area contributed by atoms with E-state index in [4.69, 9.17) is 0 Å². The number of aliphatic hydroxyl groups excluding tert-OH is 1. The van der Waals surface area contributed by atoms with Crippen LogP contribution in [-0.2, 0) is 0 Å². The van der Waals surface area contributed by atoms with Crippen molar-refractivity contribution in [2.75, 3.05) is 23.7 Å². The zero-order valence-electron chi connectivity index (χ0n) is 11.6. The average Bonchev–Trinajstić information content (AvgIpc) is 2.42. The van der Waals surface area contributed by atoms with Gasteiger partial charge in [0, 0.05) is 18.5 Å². The maximum absolute atomic E-state index is 9.34. The first-order chi connectivity index (χ1) is 9.76. The summed E-state index contributed by atoms with van der Waals surface area (Å²) >= 11 is 0. The second kappa shape index (κ2) is 5.63. The molecule has 0 saturated heterocycles. The highest BCUT2D eigenvalue weighted by atomic mass is 16.3. The molecule has 20 heavy (non-hydrogen) atoms. The van der Waals surface area contributed by atoms with E-state index in [1.807, 2.05) is 31.2 Å². The highest BCUT2D eigenvalue weighted by molar-refractivity contribution is 5.90. The van der Waals surface area contributed by atoms with Crippen molar-refractivity contribution in [3.05, 3.63) is 24.3 Å². The molecule has 1 aromatic heterocycles. The van der Waals surface area contributed by atoms with E-state index in [0.29, 0.717) is 11.9 Å². The predicted octanol–water partition coefficient (Wildman–Crippen LogP) is 2.24. The lowest BCUT2D eigenvalue weighted by Gasteiger charge is -2.31. The quantitative estimate of drug-likeness (QED) is 0.778. The van der Waals surface area contributed by atoms with Crippen molar-refractivity contribution < 1.29 is 5.11 Å². The molecule has 0 atom stereocenters. The molecule has 1 aromatic carbocycles. The number of aliphatic hydroxyl groups is 1. The smallest absolute Gasteiger partial charge is 0.225 e. The Morgan fingerprint density at radius 2 is 2.00 bits per heavy atom. The summed E-state index contributed by atoms with van der Waals surface area (Å²) in [4.78, 5) is 9.04. The first-order valence-electron chi connectivity index (χ1n) is 7.19. The number of para-hydroxylation sites is 1. The average molecular weight is 272 g/mol. The van der Waals surface area contributed by atoms with Crippen molar-refractivity contribution in [3.63, 3.8) is 0 Å². The standard InChI is InChI=1S/C15H20N4O/c1-2-16-15-18-13-6-4-3-5-12(13)14(19-15)17-9-10-7-11(20)8-10/h3-6,10-11,20H,2,7-9H2,1H3,(H2,16,17,18,19). The molecule has 0 amide bonds. The van der Waals surface area contributed by atoms with Gasteiger partial charge in [-0.15, -0.1) is 0 Å². The first-order valence-corrected chi connectivity index (χ1v) is 7.19. The molecule has 0 radical (unpaired) electrons. The summed E-state index contributed by atoms with van der Waals surface area (Å²) in [5, 5.41) is 16.9. The minimum atomic E-state index is -0.110. The summed E-state index contributed by atoms with van der Waals surface area (Å²) in [7, 11) is 0. The van der Waals surface area contributed by atoms with Crippen LogP contribution in [0.2, 0.25) is 0 Å². The van der Waals surface area contributed by atoms with Crippen LogP contribution in [0.4, 0.5) is 11.8 Å². The summed E-state index contributed by atoms with van der Waals surface area (Å²) in [6.45, 7) is 3.68. The summed E-state index contributed by atoms with van der Waals surface area (Å²) in [6, 6.07) is 8.01. The van der Waals surface area contributed by atoms with Gasteiger partial charge in [-0.25, -0.2) is 4.98 Å². The molecule has 0 spiro atoms. The topological polar surface area (TPSA) is 70.1 Å². The summed E-state index contributed by atoms with van der Waals surface area (Å²) in [5.74, 6) is 2.07. The molecule has 0 unspecified atom stereocenters. The van der Waals surface area contributed by atoms with Gasteiger partial charge in [-0.2, -0.15) is 4.98 Å². The van der Waals surface area contributed by atoms with Crippen LogP contribution in [-0.4, -0.2) is 34.3 Å². The normalized spacial score (nSPS) is 21.5. The SMILES string of the molecule is CCNc1nc(NCC2CC(O)C2)c2ccccc2n1. The Morgan fingerprint density at radius 1 is 1.20 bits per heavy atom. The van der Waals surface area contributed by atoms with Gasteiger partial charge in [0.05, 0.1) is 11.6 Å². The molecule has 106 valence electrons. The van der Waals surface area contributed by atoms with Crippen LogP contribution in [0.5, 0.6) is 0 Å². The fourth-order valence-electron chi connectivity index (χ4n) is 2.56. The van der Waals surface area contributed by atoms with Gasteiger partial charge in [0.25, 0.3) is 0 Å². The molecule has 5 heteroatoms. The van der Waals surface area contributed by atoms with Gasteiger partial charge in [-0.05, 0) is 37.8 Å². The van der Waals surface area contributed by atoms with E-state index >= 15 is 0 Å². The van der Waals surface area contributed by atoms with Crippen LogP contribution in [0.3, 0.4) is 0 Å². The molecule has 1 saturated carbocycles. The van der Waals surface area contributed by atoms with Gasteiger partial charge < -0.3 is 15.7 Å². The van der Waals surface area contributed by atoms with Crippen molar-refractivity contribution in [1.29, 1.82) is 0 Å². The Kier molecular flexibility index (Phi) is 3.69. The van der Waals surface area contributed by atoms with Gasteiger partial charge in [-0.1, -0.05) is 12.1 Å². The van der Waals surface area contributed by atoms with E-state index in [2.05, 4.69) is 20.6 Å². The molecule has 1 heterocycles. The second-order valence-corrected chi connectivity index (χ2v) is 5.32. The number of nitrogens with zero attached hydrogens (tertiary/aromatic N) is 2. The number of benzene rings is 1. The molecular formula is C15H20N4O. The Labute approximate surface area is 118 Å². The maximum atomic E-state index is 9.34. The molecule has 1 aliphatic rings. The van der Waals surface area contributed by atoms with E-state index in [9.17, 15) is 5.11 Å². The van der Waals surface area contributed by atoms with Crippen molar-refractivity contribution in [2.45, 2.75) is 25.9 Å². The number of hydrogen-bond donors (Lipinski definition) is 3. The molecular weight excluding hydrogens is 252 g/mol. The fourth-order valence-corrected chi connectivity index (χ4v) is 2.56. The van der Waals surface area contributed by atoms with Crippen LogP contribution in [0.15, 0.2) is 24.3 Å². The fraction of sp³-hybridized carbons (Fsp3) is 0.467. The van der Waals surface area contributed by atoms with Gasteiger partial charge in [0.2, 0.25) is 5.95 Å². The molecule has 1 fully saturated rings. The predicted molar refractivity (Wildman–Crippen MR) is 80.9 cm³/mol. The van der Waals surface area contributed by atoms with Crippen molar-refractivity contribution in [1.82, 2.24) is 9.97 Å². The number of rotatable bonds is 5. The van der Waals surface area contributed by atoms with Gasteiger partial charge in [0.15, 0.2) is 0 Å². The Morgan fingerprint density at radius 3 is 2.75 bits per heavy atom. The Balaban J connectivity index is 1.83. The Hall–Kier alpha value is -1.88. The lowest BCUT2D eigenvalue weighted by Crippen LogP contribution is -2.33. The molecule has 3 rings (SSSR count). The molecule has 3 N–H and O–H groups in total. The highest BCUT2D eigenvalue weighted by Gasteiger charge is 2.26. The zero-order valence-corrected chi connectivity index (χ0v) is 11.6. The lowest BCUT2D eigenvalue weighted by molar-refractivity contribution is 0.0486. The summed E-state index contributed by atoms with van der Waals surface area (Å²) in [6.07, 6.45) is 1.66. The van der Waals surface area contributed by atoms with Crippen LogP contribution in [0.25, 0.3) is 10.9 Å². The minimum Gasteiger partial charge on any atom is -0.393 e. The van der Waals surface area contributed by atoms with E-state index < -0.39 is 0 Å². The third-order valence-electron chi connectivity index (χ3n) is 3.71. The third-order valence-corrected chi connectivity index (χ3v) is 3.71. The number of hydrogen-bond acceptors (Lipinski definition) is 5. The number of aromatic nitrogens is 2. The van der Waals surface area contributed by atoms with Crippen LogP contribution in [0.1, 0.15) is 19.8 Å². The molecule has 0 bridgehead atoms. The van der Waals surface area contributed by atoms with Crippen molar-refractivity contribution in [3.8, 4) is 0 Å². The minimum absolute atomic E-state index is 0.110. The van der Waals surface area contributed by atoms with Crippen LogP contribution >= 0.6 is 0 Å². The van der Waals surface area contributed by atoms with Gasteiger partial charge in [-0.3, -0.25) is 0 Å². The second-order valence-electron chi connectivity index (χ2n) is 5.32. The zero-order chi connectivity index (χ0) is 13.9. The molecule has 1 aliphatic carbocycles. The maximum Gasteiger partial charge on any atom is 0.225 e. The van der Waals surface area contributed by atoms with E-state index in [0.717, 1.165) is 42.7 Å². The van der Waals surface area contributed by atoms with Crippen molar-refractivity contribution in [2.24, 2.45) is 5.92 Å². The largest absolute Gasteiger partial charge is 0.393 e. The van der Waals surface area contributed by atoms with Gasteiger partial charge >= 0.3 is 0 Å². The molecule has 0 aliphatic heterocycles. The highest BCUT2D eigenvalue weighted by Crippen LogP contribution is 2.28. The lowest BCUT2D eigenvalue weighted by atomic mass is 9.82. The number of fused-ring (bicyclic) bond motifs is 1. The Bertz CT molecular complexity index is 595.